The molecule has 28 heavy (non-hydrogen) atoms. The Morgan fingerprint density at radius 3 is 1.71 bits per heavy atom. The molecule has 12 radical (unpaired) electrons. The molecule has 1 heterocycles. The Morgan fingerprint density at radius 1 is 1.00 bits per heavy atom. The van der Waals surface area contributed by atoms with Crippen molar-refractivity contribution in [2.75, 3.05) is 6.54 Å². The van der Waals surface area contributed by atoms with Gasteiger partial charge in [0.25, 0.3) is 5.50 Å². The van der Waals surface area contributed by atoms with Crippen LogP contribution in [0.4, 0.5) is 31.1 Å². The molecule has 0 aromatic rings. The van der Waals surface area contributed by atoms with E-state index >= 15 is 0 Å². The zero-order valence-corrected chi connectivity index (χ0v) is 15.2. The summed E-state index contributed by atoms with van der Waals surface area (Å²) in [4.78, 5) is 13.4. The van der Waals surface area contributed by atoms with Gasteiger partial charge in [-0.15, -0.1) is 0 Å². The highest BCUT2D eigenvalue weighted by Gasteiger charge is 2.70. The molecule has 1 unspecified atom stereocenters. The van der Waals surface area contributed by atoms with Crippen LogP contribution in [-0.4, -0.2) is 110 Å². The van der Waals surface area contributed by atoms with E-state index in [1.54, 1.807) is 20.8 Å². The summed E-state index contributed by atoms with van der Waals surface area (Å²) < 4.78 is 80.9. The van der Waals surface area contributed by atoms with Gasteiger partial charge in [0.15, 0.2) is 7.85 Å². The smallest absolute Gasteiger partial charge is 0.427 e. The normalized spacial score (nSPS) is 24.0. The molecule has 4 nitrogen and oxygen atoms in total. The van der Waals surface area contributed by atoms with Crippen molar-refractivity contribution in [3.63, 3.8) is 0 Å². The van der Waals surface area contributed by atoms with E-state index in [4.69, 9.17) is 39.2 Å². The Labute approximate surface area is 166 Å². The van der Waals surface area contributed by atoms with Gasteiger partial charge in [-0.2, -0.15) is 26.3 Å². The predicted octanol–water partition coefficient (Wildman–Crippen LogP) is 0.00470. The third-order valence-corrected chi connectivity index (χ3v) is 4.11. The van der Waals surface area contributed by atoms with Crippen molar-refractivity contribution >= 4 is 53.2 Å². The van der Waals surface area contributed by atoms with Crippen LogP contribution in [0.5, 0.6) is 0 Å². The van der Waals surface area contributed by atoms with E-state index in [0.717, 1.165) is 4.90 Å². The van der Waals surface area contributed by atoms with Crippen LogP contribution in [0.3, 0.4) is 0 Å². The predicted molar refractivity (Wildman–Crippen MR) is 93.4 cm³/mol. The van der Waals surface area contributed by atoms with Crippen molar-refractivity contribution in [3.8, 4) is 0 Å². The first-order chi connectivity index (χ1) is 12.0. The SMILES string of the molecule is [B]C1N(C(C)(C)C)C([B])([B])CN(C(=O)OC([B])(C(F)(F)F)C(F)(F)F)C1([B])[B]. The fraction of sp³-hybridized carbons (Fsp3) is 0.917. The number of rotatable bonds is 1. The van der Waals surface area contributed by atoms with Gasteiger partial charge in [0, 0.05) is 12.1 Å². The summed E-state index contributed by atoms with van der Waals surface area (Å²) in [6, 6.07) is 0. The average Bonchev–Trinajstić information content (AvgIpc) is 2.38. The zero-order valence-electron chi connectivity index (χ0n) is 15.2. The molecule has 0 saturated carbocycles. The third kappa shape index (κ3) is 4.21. The maximum absolute atomic E-state index is 12.9. The van der Waals surface area contributed by atoms with Crippen LogP contribution < -0.4 is 0 Å². The van der Waals surface area contributed by atoms with Crippen molar-refractivity contribution in [1.82, 2.24) is 9.80 Å². The monoisotopic (exact) mass is 396 g/mol. The van der Waals surface area contributed by atoms with Crippen LogP contribution in [0.2, 0.25) is 0 Å². The summed E-state index contributed by atoms with van der Waals surface area (Å²) in [6.45, 7) is 3.84. The lowest BCUT2D eigenvalue weighted by Crippen LogP contribution is -2.81. The standard InChI is InChI=1S/C12H12B6F6N2O2/c1-7(2,3)26-5(13)9(16,17)25(4-8(26,14)15)6(27)28-10(18,11(19,20)21)12(22,23)24/h5H,4H2,1-3H3. The Balaban J connectivity index is 3.35. The van der Waals surface area contributed by atoms with Crippen LogP contribution in [-0.2, 0) is 4.74 Å². The minimum atomic E-state index is -6.20. The summed E-state index contributed by atoms with van der Waals surface area (Å²) in [7, 11) is 33.4. The number of piperazine rings is 1. The van der Waals surface area contributed by atoms with Crippen LogP contribution in [0.25, 0.3) is 0 Å². The van der Waals surface area contributed by atoms with E-state index in [1.807, 2.05) is 0 Å². The molecular formula is C12H12B6F6N2O2. The van der Waals surface area contributed by atoms with Gasteiger partial charge in [0.2, 0.25) is 0 Å². The molecule has 0 bridgehead atoms. The highest BCUT2D eigenvalue weighted by molar-refractivity contribution is 6.46. The summed E-state index contributed by atoms with van der Waals surface area (Å²) in [5, 5.41) is -4.54. The molecule has 1 rings (SSSR count). The molecule has 0 aromatic carbocycles. The molecule has 1 saturated heterocycles. The summed E-state index contributed by atoms with van der Waals surface area (Å²) in [5.41, 5.74) is -6.23. The lowest BCUT2D eigenvalue weighted by atomic mass is 9.45. The van der Waals surface area contributed by atoms with E-state index in [1.165, 1.54) is 0 Å². The third-order valence-electron chi connectivity index (χ3n) is 4.11. The number of ether oxygens (including phenoxy) is 1. The van der Waals surface area contributed by atoms with Crippen LogP contribution in [0.15, 0.2) is 0 Å². The van der Waals surface area contributed by atoms with Crippen molar-refractivity contribution in [2.24, 2.45) is 0 Å². The Bertz CT molecular complexity index is 607. The van der Waals surface area contributed by atoms with E-state index < -0.39 is 52.6 Å². The molecule has 0 N–H and O–H groups in total. The molecule has 1 amide bonds. The Morgan fingerprint density at radius 2 is 1.39 bits per heavy atom. The number of hydrogen-bond donors (Lipinski definition) is 0. The first-order valence-corrected chi connectivity index (χ1v) is 7.63. The van der Waals surface area contributed by atoms with E-state index in [0.29, 0.717) is 0 Å². The highest BCUT2D eigenvalue weighted by atomic mass is 19.4. The van der Waals surface area contributed by atoms with Gasteiger partial charge in [-0.05, 0) is 37.4 Å². The highest BCUT2D eigenvalue weighted by Crippen LogP contribution is 2.44. The molecule has 1 fully saturated rings. The molecule has 0 aromatic heterocycles. The number of nitrogens with zero attached hydrogens (tertiary/aromatic N) is 2. The molecule has 142 valence electrons. The van der Waals surface area contributed by atoms with E-state index in [9.17, 15) is 31.1 Å². The maximum Gasteiger partial charge on any atom is 0.427 e. The second-order valence-corrected chi connectivity index (χ2v) is 7.55. The van der Waals surface area contributed by atoms with Crippen LogP contribution >= 0.6 is 0 Å². The summed E-state index contributed by atoms with van der Waals surface area (Å²) >= 11 is 0. The number of halogens is 6. The molecule has 16 heteroatoms. The summed E-state index contributed by atoms with van der Waals surface area (Å²) in [6.07, 6.45) is -14.7. The molecule has 1 aliphatic rings. The first-order valence-electron chi connectivity index (χ1n) is 7.63. The fourth-order valence-electron chi connectivity index (χ4n) is 2.83. The van der Waals surface area contributed by atoms with Crippen LogP contribution in [0, 0.1) is 0 Å². The number of alkyl halides is 6. The molecule has 1 aliphatic heterocycles. The zero-order chi connectivity index (χ0) is 22.7. The summed E-state index contributed by atoms with van der Waals surface area (Å²) in [5.74, 6) is -1.60. The minimum Gasteiger partial charge on any atom is -0.434 e. The number of hydrogen-bond acceptors (Lipinski definition) is 3. The molecule has 0 aliphatic carbocycles. The first kappa shape index (κ1) is 25.2. The topological polar surface area (TPSA) is 32.8 Å². The largest absolute Gasteiger partial charge is 0.434 e. The Hall–Kier alpha value is -0.800. The van der Waals surface area contributed by atoms with Gasteiger partial charge in [-0.1, -0.05) is 0 Å². The number of amides is 1. The number of carbonyl (C=O) groups excluding carboxylic acids is 1. The average molecular weight is 395 g/mol. The van der Waals surface area contributed by atoms with Gasteiger partial charge >= 0.3 is 18.4 Å². The lowest BCUT2D eigenvalue weighted by molar-refractivity contribution is -0.331. The van der Waals surface area contributed by atoms with Crippen molar-refractivity contribution in [3.05, 3.63) is 0 Å². The fourth-order valence-corrected chi connectivity index (χ4v) is 2.83. The second-order valence-electron chi connectivity index (χ2n) is 7.55. The van der Waals surface area contributed by atoms with Gasteiger partial charge in [0.1, 0.15) is 0 Å². The van der Waals surface area contributed by atoms with Gasteiger partial charge in [0.05, 0.1) is 39.2 Å². The van der Waals surface area contributed by atoms with Gasteiger partial charge < -0.3 is 14.5 Å². The van der Waals surface area contributed by atoms with Crippen LogP contribution in [0.1, 0.15) is 20.8 Å². The van der Waals surface area contributed by atoms with Crippen molar-refractivity contribution in [1.29, 1.82) is 0 Å². The van der Waals surface area contributed by atoms with E-state index in [2.05, 4.69) is 12.6 Å². The molecule has 1 atom stereocenters. The van der Waals surface area contributed by atoms with Gasteiger partial charge in [-0.3, -0.25) is 0 Å². The van der Waals surface area contributed by atoms with Crippen molar-refractivity contribution < 1.29 is 35.9 Å². The van der Waals surface area contributed by atoms with Crippen molar-refractivity contribution in [2.45, 2.75) is 60.8 Å². The lowest BCUT2D eigenvalue weighted by Gasteiger charge is -2.65. The van der Waals surface area contributed by atoms with Gasteiger partial charge in [-0.25, -0.2) is 4.79 Å². The minimum absolute atomic E-state index is 0.0684. The van der Waals surface area contributed by atoms with E-state index in [-0.39, 0.29) is 4.90 Å². The quantitative estimate of drug-likeness (QED) is 0.463. The molecule has 0 spiro atoms. The molecular weight excluding hydrogens is 383 g/mol. The second kappa shape index (κ2) is 6.87. The Kier molecular flexibility index (Phi) is 6.19. The number of carbonyl (C=O) groups is 1. The maximum atomic E-state index is 12.9.